The second-order valence-corrected chi connectivity index (χ2v) is 6.86. The average Bonchev–Trinajstić information content (AvgIpc) is 2.99. The number of ether oxygens (including phenoxy) is 2. The number of ketones is 1. The van der Waals surface area contributed by atoms with E-state index in [0.29, 0.717) is 39.0 Å². The van der Waals surface area contributed by atoms with Gasteiger partial charge in [-0.2, -0.15) is 0 Å². The molecule has 2 heterocycles. The zero-order chi connectivity index (χ0) is 21.3. The van der Waals surface area contributed by atoms with Crippen molar-refractivity contribution in [3.63, 3.8) is 0 Å². The molecule has 0 aliphatic heterocycles. The lowest BCUT2D eigenvalue weighted by Crippen LogP contribution is -2.25. The number of aromatic nitrogens is 2. The Morgan fingerprint density at radius 2 is 1.76 bits per heavy atom. The second-order valence-electron chi connectivity index (χ2n) is 6.86. The number of methoxy groups -OCH3 is 1. The van der Waals surface area contributed by atoms with Crippen LogP contribution in [-0.2, 0) is 9.47 Å². The van der Waals surface area contributed by atoms with Gasteiger partial charge in [0.25, 0.3) is 0 Å². The fourth-order valence-electron chi connectivity index (χ4n) is 3.36. The first-order chi connectivity index (χ1) is 13.7. The predicted octanol–water partition coefficient (Wildman–Crippen LogP) is 3.70. The lowest BCUT2D eigenvalue weighted by atomic mass is 10.1. The summed E-state index contributed by atoms with van der Waals surface area (Å²) in [6.07, 6.45) is -1.04. The summed E-state index contributed by atoms with van der Waals surface area (Å²) in [6.45, 7) is 6.62. The molecule has 7 heteroatoms. The Kier molecular flexibility index (Phi) is 5.50. The number of nitrogens with zero attached hydrogens (tertiary/aromatic N) is 1. The molecule has 1 atom stereocenters. The number of para-hydroxylation sites is 1. The maximum absolute atomic E-state index is 12.9. The number of fused-ring (bicyclic) bond motifs is 1. The highest BCUT2D eigenvalue weighted by atomic mass is 16.5. The van der Waals surface area contributed by atoms with Crippen LogP contribution < -0.4 is 0 Å². The minimum Gasteiger partial charge on any atom is -0.465 e. The largest absolute Gasteiger partial charge is 0.465 e. The minimum atomic E-state index is -1.04. The number of hydrogen-bond acceptors (Lipinski definition) is 6. The van der Waals surface area contributed by atoms with E-state index in [1.54, 1.807) is 32.9 Å². The van der Waals surface area contributed by atoms with E-state index < -0.39 is 23.8 Å². The molecule has 0 saturated carbocycles. The van der Waals surface area contributed by atoms with E-state index in [0.717, 1.165) is 0 Å². The number of aryl methyl sites for hydroxylation is 2. The molecule has 1 N–H and O–H groups in total. The van der Waals surface area contributed by atoms with Crippen molar-refractivity contribution < 1.29 is 23.9 Å². The van der Waals surface area contributed by atoms with Gasteiger partial charge in [0, 0.05) is 16.8 Å². The quantitative estimate of drug-likeness (QED) is 0.523. The van der Waals surface area contributed by atoms with Crippen molar-refractivity contribution in [3.8, 4) is 0 Å². The molecule has 0 aliphatic rings. The number of benzene rings is 1. The first kappa shape index (κ1) is 20.3. The van der Waals surface area contributed by atoms with Gasteiger partial charge in [0.1, 0.15) is 0 Å². The summed E-state index contributed by atoms with van der Waals surface area (Å²) in [5, 5.41) is 0.655. The maximum atomic E-state index is 12.9. The van der Waals surface area contributed by atoms with Crippen LogP contribution in [-0.4, -0.2) is 40.9 Å². The first-order valence-electron chi connectivity index (χ1n) is 9.13. The van der Waals surface area contributed by atoms with Crippen molar-refractivity contribution in [3.05, 3.63) is 64.1 Å². The van der Waals surface area contributed by atoms with Crippen LogP contribution >= 0.6 is 0 Å². The molecule has 7 nitrogen and oxygen atoms in total. The maximum Gasteiger partial charge on any atom is 0.339 e. The van der Waals surface area contributed by atoms with Crippen molar-refractivity contribution >= 4 is 28.6 Å². The van der Waals surface area contributed by atoms with Crippen molar-refractivity contribution in [1.82, 2.24) is 9.97 Å². The molecule has 0 fully saturated rings. The topological polar surface area (TPSA) is 98.4 Å². The van der Waals surface area contributed by atoms with Gasteiger partial charge in [-0.3, -0.25) is 9.78 Å². The van der Waals surface area contributed by atoms with Crippen molar-refractivity contribution in [2.24, 2.45) is 0 Å². The minimum absolute atomic E-state index is 0.221. The number of hydrogen-bond donors (Lipinski definition) is 1. The normalized spacial score (nSPS) is 11.9. The summed E-state index contributed by atoms with van der Waals surface area (Å²) in [5.41, 5.74) is 3.22. The molecule has 0 bridgehead atoms. The lowest BCUT2D eigenvalue weighted by Gasteiger charge is -2.14. The predicted molar refractivity (Wildman–Crippen MR) is 107 cm³/mol. The summed E-state index contributed by atoms with van der Waals surface area (Å²) < 4.78 is 10.2. The summed E-state index contributed by atoms with van der Waals surface area (Å²) >= 11 is 0. The van der Waals surface area contributed by atoms with E-state index >= 15 is 0 Å². The van der Waals surface area contributed by atoms with E-state index in [2.05, 4.69) is 9.97 Å². The Morgan fingerprint density at radius 1 is 1.07 bits per heavy atom. The number of rotatable bonds is 5. The van der Waals surface area contributed by atoms with E-state index in [1.165, 1.54) is 14.0 Å². The van der Waals surface area contributed by atoms with E-state index in [4.69, 9.17) is 9.47 Å². The van der Waals surface area contributed by atoms with Crippen LogP contribution in [0.5, 0.6) is 0 Å². The van der Waals surface area contributed by atoms with Gasteiger partial charge in [-0.05, 0) is 45.4 Å². The molecule has 3 rings (SSSR count). The molecule has 0 saturated heterocycles. The Bertz CT molecular complexity index is 1130. The van der Waals surface area contributed by atoms with Gasteiger partial charge in [0.2, 0.25) is 5.78 Å². The van der Waals surface area contributed by atoms with E-state index in [1.807, 2.05) is 18.2 Å². The zero-order valence-electron chi connectivity index (χ0n) is 17.0. The first-order valence-corrected chi connectivity index (χ1v) is 9.13. The van der Waals surface area contributed by atoms with Gasteiger partial charge in [0.05, 0.1) is 29.4 Å². The van der Waals surface area contributed by atoms with Crippen LogP contribution in [0.25, 0.3) is 10.9 Å². The number of pyridine rings is 1. The molecule has 29 heavy (non-hydrogen) atoms. The fourth-order valence-corrected chi connectivity index (χ4v) is 3.36. The zero-order valence-corrected chi connectivity index (χ0v) is 17.0. The van der Waals surface area contributed by atoms with Crippen LogP contribution in [0.4, 0.5) is 0 Å². The number of Topliss-reactive ketones (excluding diaryl/α,β-unsaturated/α-hetero) is 1. The van der Waals surface area contributed by atoms with Gasteiger partial charge >= 0.3 is 11.9 Å². The van der Waals surface area contributed by atoms with Gasteiger partial charge in [-0.15, -0.1) is 0 Å². The fraction of sp³-hybridized carbons (Fsp3) is 0.273. The molecule has 0 amide bonds. The molecule has 0 aliphatic carbocycles. The van der Waals surface area contributed by atoms with Gasteiger partial charge < -0.3 is 14.5 Å². The SMILES string of the molecule is COC(=O)c1c(C)[nH]c(C(=O)[C@H](C)OC(=O)c2cc(C)nc3ccccc23)c1C. The Hall–Kier alpha value is -3.48. The number of esters is 2. The molecule has 0 spiro atoms. The summed E-state index contributed by atoms with van der Waals surface area (Å²) in [7, 11) is 1.28. The molecule has 3 aromatic rings. The standard InChI is InChI=1S/C22H22N2O5/c1-11-10-16(15-8-6-7-9-17(15)23-11)21(26)29-14(4)20(25)19-12(2)18(13(3)24-19)22(27)28-5/h6-10,14,24H,1-5H3/t14-/m0/s1. The Labute approximate surface area is 168 Å². The number of nitrogens with one attached hydrogen (secondary N) is 1. The highest BCUT2D eigenvalue weighted by Crippen LogP contribution is 2.23. The summed E-state index contributed by atoms with van der Waals surface area (Å²) in [5.74, 6) is -1.57. The number of H-pyrrole nitrogens is 1. The second kappa shape index (κ2) is 7.87. The summed E-state index contributed by atoms with van der Waals surface area (Å²) in [4.78, 5) is 44.9. The van der Waals surface area contributed by atoms with Crippen LogP contribution in [0.1, 0.15) is 55.1 Å². The average molecular weight is 394 g/mol. The molecule has 2 aromatic heterocycles. The van der Waals surface area contributed by atoms with Crippen LogP contribution in [0.2, 0.25) is 0 Å². The number of carbonyl (C=O) groups is 3. The van der Waals surface area contributed by atoms with Crippen molar-refractivity contribution in [2.45, 2.75) is 33.8 Å². The smallest absolute Gasteiger partial charge is 0.339 e. The third-order valence-corrected chi connectivity index (χ3v) is 4.79. The van der Waals surface area contributed by atoms with Gasteiger partial charge in [-0.25, -0.2) is 9.59 Å². The van der Waals surface area contributed by atoms with Crippen molar-refractivity contribution in [2.75, 3.05) is 7.11 Å². The Morgan fingerprint density at radius 3 is 2.45 bits per heavy atom. The van der Waals surface area contributed by atoms with E-state index in [-0.39, 0.29) is 5.69 Å². The third kappa shape index (κ3) is 3.76. The van der Waals surface area contributed by atoms with Crippen LogP contribution in [0, 0.1) is 20.8 Å². The highest BCUT2D eigenvalue weighted by molar-refractivity contribution is 6.07. The van der Waals surface area contributed by atoms with E-state index in [9.17, 15) is 14.4 Å². The molecule has 0 radical (unpaired) electrons. The van der Waals surface area contributed by atoms with Crippen LogP contribution in [0.15, 0.2) is 30.3 Å². The monoisotopic (exact) mass is 394 g/mol. The highest BCUT2D eigenvalue weighted by Gasteiger charge is 2.28. The third-order valence-electron chi connectivity index (χ3n) is 4.79. The molecular weight excluding hydrogens is 372 g/mol. The van der Waals surface area contributed by atoms with Crippen molar-refractivity contribution in [1.29, 1.82) is 0 Å². The van der Waals surface area contributed by atoms with Gasteiger partial charge in [-0.1, -0.05) is 18.2 Å². The number of aromatic amines is 1. The number of carbonyl (C=O) groups excluding carboxylic acids is 3. The molecule has 1 aromatic carbocycles. The molecule has 150 valence electrons. The molecular formula is C22H22N2O5. The molecule has 0 unspecified atom stereocenters. The van der Waals surface area contributed by atoms with Gasteiger partial charge in [0.15, 0.2) is 6.10 Å². The summed E-state index contributed by atoms with van der Waals surface area (Å²) in [6, 6.07) is 8.88. The lowest BCUT2D eigenvalue weighted by molar-refractivity contribution is 0.0318. The van der Waals surface area contributed by atoms with Crippen LogP contribution in [0.3, 0.4) is 0 Å². The Balaban J connectivity index is 1.88.